The van der Waals surface area contributed by atoms with Crippen molar-refractivity contribution in [3.05, 3.63) is 23.2 Å². The van der Waals surface area contributed by atoms with E-state index in [1.165, 1.54) is 6.07 Å². The third-order valence-corrected chi connectivity index (χ3v) is 6.89. The number of benzene rings is 1. The van der Waals surface area contributed by atoms with Crippen molar-refractivity contribution in [2.24, 2.45) is 5.92 Å². The number of sulfonamides is 1. The Labute approximate surface area is 125 Å². The number of hydrogen-bond donors (Lipinski definition) is 1. The lowest BCUT2D eigenvalue weighted by Crippen LogP contribution is -2.46. The molecule has 6 heteroatoms. The van der Waals surface area contributed by atoms with Gasteiger partial charge >= 0.3 is 0 Å². The van der Waals surface area contributed by atoms with E-state index in [-0.39, 0.29) is 16.0 Å². The van der Waals surface area contributed by atoms with Crippen LogP contribution in [0.15, 0.2) is 23.1 Å². The van der Waals surface area contributed by atoms with E-state index in [0.29, 0.717) is 18.2 Å². The van der Waals surface area contributed by atoms with Crippen LogP contribution in [0.5, 0.6) is 0 Å². The average molecular weight is 315 g/mol. The van der Waals surface area contributed by atoms with Gasteiger partial charge in [-0.25, -0.2) is 8.42 Å². The van der Waals surface area contributed by atoms with E-state index in [0.717, 1.165) is 32.1 Å². The molecule has 1 saturated heterocycles. The summed E-state index contributed by atoms with van der Waals surface area (Å²) in [6, 6.07) is 4.79. The van der Waals surface area contributed by atoms with Gasteiger partial charge in [-0.1, -0.05) is 18.0 Å². The molecule has 2 fully saturated rings. The topological polar surface area (TPSA) is 63.4 Å². The minimum Gasteiger partial charge on any atom is -0.399 e. The van der Waals surface area contributed by atoms with Crippen molar-refractivity contribution >= 4 is 27.3 Å². The molecule has 2 N–H and O–H groups in total. The minimum atomic E-state index is -3.55. The monoisotopic (exact) mass is 314 g/mol. The standard InChI is InChI=1S/C14H19ClN2O2S/c15-12-7-6-11(16)9-14(12)20(18,19)17-8-2-4-10-3-1-5-13(10)17/h6-7,9-10,13H,1-5,8,16H2. The Hall–Kier alpha value is -0.780. The highest BCUT2D eigenvalue weighted by Gasteiger charge is 2.41. The minimum absolute atomic E-state index is 0.145. The van der Waals surface area contributed by atoms with Crippen LogP contribution in [0.3, 0.4) is 0 Å². The number of piperidine rings is 1. The van der Waals surface area contributed by atoms with Gasteiger partial charge in [0.1, 0.15) is 4.90 Å². The molecule has 2 unspecified atom stereocenters. The number of rotatable bonds is 2. The van der Waals surface area contributed by atoms with Crippen molar-refractivity contribution in [2.75, 3.05) is 12.3 Å². The SMILES string of the molecule is Nc1ccc(Cl)c(S(=O)(=O)N2CCCC3CCCC32)c1. The molecule has 0 spiro atoms. The van der Waals surface area contributed by atoms with E-state index in [1.54, 1.807) is 16.4 Å². The van der Waals surface area contributed by atoms with Crippen LogP contribution in [0, 0.1) is 5.92 Å². The maximum atomic E-state index is 12.9. The fourth-order valence-electron chi connectivity index (χ4n) is 3.55. The molecule has 1 heterocycles. The molecule has 20 heavy (non-hydrogen) atoms. The fraction of sp³-hybridized carbons (Fsp3) is 0.571. The Morgan fingerprint density at radius 3 is 2.75 bits per heavy atom. The lowest BCUT2D eigenvalue weighted by molar-refractivity contribution is 0.202. The molecular formula is C14H19ClN2O2S. The summed E-state index contributed by atoms with van der Waals surface area (Å²) in [5, 5.41) is 0.249. The van der Waals surface area contributed by atoms with Gasteiger partial charge in [0, 0.05) is 18.3 Å². The Bertz CT molecular complexity index is 618. The maximum Gasteiger partial charge on any atom is 0.244 e. The molecule has 1 aromatic carbocycles. The second kappa shape index (κ2) is 5.20. The number of anilines is 1. The molecule has 0 aromatic heterocycles. The average Bonchev–Trinajstić information content (AvgIpc) is 2.89. The van der Waals surface area contributed by atoms with Crippen LogP contribution in [-0.2, 0) is 10.0 Å². The summed E-state index contributed by atoms with van der Waals surface area (Å²) in [6.45, 7) is 0.592. The Kier molecular flexibility index (Phi) is 3.69. The Balaban J connectivity index is 2.00. The molecule has 0 amide bonds. The second-order valence-corrected chi connectivity index (χ2v) is 7.97. The normalized spacial score (nSPS) is 27.4. The van der Waals surface area contributed by atoms with Crippen molar-refractivity contribution < 1.29 is 8.42 Å². The van der Waals surface area contributed by atoms with Crippen LogP contribution in [0.1, 0.15) is 32.1 Å². The quantitative estimate of drug-likeness (QED) is 0.854. The number of hydrogen-bond acceptors (Lipinski definition) is 3. The van der Waals surface area contributed by atoms with E-state index in [1.807, 2.05) is 0 Å². The van der Waals surface area contributed by atoms with Crippen molar-refractivity contribution in [2.45, 2.75) is 43.0 Å². The van der Waals surface area contributed by atoms with Crippen molar-refractivity contribution in [1.29, 1.82) is 0 Å². The van der Waals surface area contributed by atoms with Crippen molar-refractivity contribution in [3.8, 4) is 0 Å². The van der Waals surface area contributed by atoms with Gasteiger partial charge in [0.25, 0.3) is 0 Å². The zero-order valence-electron chi connectivity index (χ0n) is 11.3. The summed E-state index contributed by atoms with van der Waals surface area (Å²) in [7, 11) is -3.55. The summed E-state index contributed by atoms with van der Waals surface area (Å²) in [4.78, 5) is 0.145. The largest absolute Gasteiger partial charge is 0.399 e. The molecule has 1 saturated carbocycles. The van der Waals surface area contributed by atoms with Crippen LogP contribution in [-0.4, -0.2) is 25.3 Å². The van der Waals surface area contributed by atoms with Crippen molar-refractivity contribution in [3.63, 3.8) is 0 Å². The van der Waals surface area contributed by atoms with Gasteiger partial charge in [0.15, 0.2) is 0 Å². The first-order valence-electron chi connectivity index (χ1n) is 7.07. The predicted octanol–water partition coefficient (Wildman–Crippen LogP) is 2.88. The molecule has 1 aromatic rings. The second-order valence-electron chi connectivity index (χ2n) is 5.71. The number of nitrogens with zero attached hydrogens (tertiary/aromatic N) is 1. The van der Waals surface area contributed by atoms with Crippen LogP contribution in [0.25, 0.3) is 0 Å². The van der Waals surface area contributed by atoms with Crippen molar-refractivity contribution in [1.82, 2.24) is 4.31 Å². The third kappa shape index (κ3) is 2.32. The lowest BCUT2D eigenvalue weighted by Gasteiger charge is -2.36. The number of halogens is 1. The number of fused-ring (bicyclic) bond motifs is 1. The van der Waals surface area contributed by atoms with Crippen LogP contribution < -0.4 is 5.73 Å². The number of nitrogens with two attached hydrogens (primary N) is 1. The lowest BCUT2D eigenvalue weighted by atomic mass is 9.94. The molecular weight excluding hydrogens is 296 g/mol. The van der Waals surface area contributed by atoms with Gasteiger partial charge in [-0.15, -0.1) is 0 Å². The molecule has 2 atom stereocenters. The van der Waals surface area contributed by atoms with E-state index >= 15 is 0 Å². The molecule has 2 aliphatic rings. The van der Waals surface area contributed by atoms with Crippen LogP contribution in [0.2, 0.25) is 5.02 Å². The summed E-state index contributed by atoms with van der Waals surface area (Å²) in [5.74, 6) is 0.512. The molecule has 1 aliphatic heterocycles. The highest BCUT2D eigenvalue weighted by atomic mass is 35.5. The maximum absolute atomic E-state index is 12.9. The van der Waals surface area contributed by atoms with Gasteiger partial charge in [-0.2, -0.15) is 4.31 Å². The summed E-state index contributed by atoms with van der Waals surface area (Å²) >= 11 is 6.08. The molecule has 0 radical (unpaired) electrons. The molecule has 3 rings (SSSR count). The van der Waals surface area contributed by atoms with Gasteiger partial charge < -0.3 is 5.73 Å². The smallest absolute Gasteiger partial charge is 0.244 e. The zero-order chi connectivity index (χ0) is 14.3. The Morgan fingerprint density at radius 2 is 1.95 bits per heavy atom. The van der Waals surface area contributed by atoms with Crippen LogP contribution in [0.4, 0.5) is 5.69 Å². The first kappa shape index (κ1) is 14.2. The third-order valence-electron chi connectivity index (χ3n) is 4.48. The van der Waals surface area contributed by atoms with E-state index in [4.69, 9.17) is 17.3 Å². The van der Waals surface area contributed by atoms with E-state index < -0.39 is 10.0 Å². The molecule has 4 nitrogen and oxygen atoms in total. The highest BCUT2D eigenvalue weighted by molar-refractivity contribution is 7.89. The molecule has 1 aliphatic carbocycles. The van der Waals surface area contributed by atoms with Gasteiger partial charge in [0.05, 0.1) is 5.02 Å². The van der Waals surface area contributed by atoms with Gasteiger partial charge in [-0.05, 0) is 49.8 Å². The summed E-state index contributed by atoms with van der Waals surface area (Å²) in [5.41, 5.74) is 6.14. The predicted molar refractivity (Wildman–Crippen MR) is 80.1 cm³/mol. The van der Waals surface area contributed by atoms with Gasteiger partial charge in [-0.3, -0.25) is 0 Å². The van der Waals surface area contributed by atoms with Crippen LogP contribution >= 0.6 is 11.6 Å². The van der Waals surface area contributed by atoms with E-state index in [2.05, 4.69) is 0 Å². The van der Waals surface area contributed by atoms with Gasteiger partial charge in [0.2, 0.25) is 10.0 Å². The summed E-state index contributed by atoms with van der Waals surface area (Å²) in [6.07, 6.45) is 5.29. The Morgan fingerprint density at radius 1 is 1.20 bits per heavy atom. The first-order chi connectivity index (χ1) is 9.50. The summed E-state index contributed by atoms with van der Waals surface area (Å²) < 4.78 is 27.4. The molecule has 110 valence electrons. The molecule has 0 bridgehead atoms. The van der Waals surface area contributed by atoms with E-state index in [9.17, 15) is 8.42 Å². The number of nitrogen functional groups attached to an aromatic ring is 1. The highest BCUT2D eigenvalue weighted by Crippen LogP contribution is 2.40. The zero-order valence-corrected chi connectivity index (χ0v) is 12.8. The first-order valence-corrected chi connectivity index (χ1v) is 8.89. The fourth-order valence-corrected chi connectivity index (χ4v) is 5.82.